The number of nitrogens with one attached hydrogen (secondary N) is 1. The summed E-state index contributed by atoms with van der Waals surface area (Å²) in [7, 11) is 1.74. The van der Waals surface area contributed by atoms with Gasteiger partial charge in [0, 0.05) is 24.7 Å². The number of likely N-dealkylation sites (tertiary alicyclic amines) is 1. The Hall–Kier alpha value is -1.69. The van der Waals surface area contributed by atoms with Crippen LogP contribution >= 0.6 is 0 Å². The molecule has 0 radical (unpaired) electrons. The van der Waals surface area contributed by atoms with Crippen molar-refractivity contribution in [2.75, 3.05) is 13.6 Å². The third-order valence-electron chi connectivity index (χ3n) is 6.61. The lowest BCUT2D eigenvalue weighted by atomic mass is 9.96. The highest BCUT2D eigenvalue weighted by atomic mass is 16.2. The first-order valence-electron chi connectivity index (χ1n) is 12.0. The molecule has 4 unspecified atom stereocenters. The molecule has 0 saturated carbocycles. The van der Waals surface area contributed by atoms with E-state index in [-0.39, 0.29) is 41.4 Å². The van der Waals surface area contributed by atoms with Gasteiger partial charge in [0.15, 0.2) is 0 Å². The molecule has 1 fully saturated rings. The monoisotopic (exact) mass is 435 g/mol. The van der Waals surface area contributed by atoms with Gasteiger partial charge < -0.3 is 10.2 Å². The summed E-state index contributed by atoms with van der Waals surface area (Å²) in [6, 6.07) is -0.440. The number of ketones is 1. The van der Waals surface area contributed by atoms with Gasteiger partial charge in [-0.3, -0.25) is 19.3 Å². The quantitative estimate of drug-likeness (QED) is 0.563. The van der Waals surface area contributed by atoms with Crippen LogP contribution in [0.5, 0.6) is 0 Å². The molecule has 178 valence electrons. The van der Waals surface area contributed by atoms with Gasteiger partial charge in [-0.1, -0.05) is 54.0 Å². The minimum Gasteiger partial charge on any atom is -0.343 e. The van der Waals surface area contributed by atoms with Gasteiger partial charge in [0.05, 0.1) is 6.04 Å². The molecule has 1 rings (SSSR count). The maximum atomic E-state index is 13.4. The van der Waals surface area contributed by atoms with E-state index in [1.54, 1.807) is 18.9 Å². The van der Waals surface area contributed by atoms with E-state index in [4.69, 9.17) is 0 Å². The Kier molecular flexibility index (Phi) is 10.9. The van der Waals surface area contributed by atoms with Crippen molar-refractivity contribution in [3.8, 4) is 0 Å². The first kappa shape index (κ1) is 27.3. The molecule has 6 heteroatoms. The zero-order valence-electron chi connectivity index (χ0n) is 21.2. The smallest absolute Gasteiger partial charge is 0.249 e. The summed E-state index contributed by atoms with van der Waals surface area (Å²) >= 11 is 0. The second kappa shape index (κ2) is 12.4. The molecule has 0 bridgehead atoms. The van der Waals surface area contributed by atoms with Gasteiger partial charge in [0.2, 0.25) is 11.8 Å². The topological polar surface area (TPSA) is 69.7 Å². The van der Waals surface area contributed by atoms with Crippen molar-refractivity contribution in [2.45, 2.75) is 99.2 Å². The lowest BCUT2D eigenvalue weighted by molar-refractivity contribution is -0.138. The maximum absolute atomic E-state index is 13.4. The number of rotatable bonds is 10. The van der Waals surface area contributed by atoms with Crippen molar-refractivity contribution in [3.05, 3.63) is 11.8 Å². The average Bonchev–Trinajstić information content (AvgIpc) is 2.73. The number of hydrogen-bond acceptors (Lipinski definition) is 4. The Morgan fingerprint density at radius 3 is 2.19 bits per heavy atom. The average molecular weight is 436 g/mol. The molecule has 0 aliphatic carbocycles. The van der Waals surface area contributed by atoms with E-state index in [1.807, 2.05) is 40.7 Å². The fraction of sp³-hybridized carbons (Fsp3) is 0.800. The summed E-state index contributed by atoms with van der Waals surface area (Å²) in [5.74, 6) is -0.338. The Bertz CT molecular complexity index is 656. The van der Waals surface area contributed by atoms with Crippen molar-refractivity contribution in [3.63, 3.8) is 0 Å². The normalized spacial score (nSPS) is 21.0. The molecule has 0 spiro atoms. The predicted octanol–water partition coefficient (Wildman–Crippen LogP) is 4.00. The molecular formula is C25H45N3O3. The minimum atomic E-state index is -0.604. The van der Waals surface area contributed by atoms with E-state index in [0.717, 1.165) is 37.9 Å². The second-order valence-corrected chi connectivity index (χ2v) is 9.78. The number of likely N-dealkylation sites (N-methyl/N-ethyl adjacent to an activating group) is 1. The maximum Gasteiger partial charge on any atom is 0.249 e. The van der Waals surface area contributed by atoms with Crippen LogP contribution in [-0.4, -0.2) is 59.1 Å². The predicted molar refractivity (Wildman–Crippen MR) is 126 cm³/mol. The Balaban J connectivity index is 3.07. The van der Waals surface area contributed by atoms with Crippen LogP contribution in [0.1, 0.15) is 81.1 Å². The van der Waals surface area contributed by atoms with Crippen LogP contribution in [-0.2, 0) is 14.4 Å². The minimum absolute atomic E-state index is 0.0434. The largest absolute Gasteiger partial charge is 0.343 e. The van der Waals surface area contributed by atoms with E-state index in [9.17, 15) is 14.4 Å². The van der Waals surface area contributed by atoms with Crippen LogP contribution in [0, 0.1) is 17.8 Å². The van der Waals surface area contributed by atoms with Crippen LogP contribution in [0.2, 0.25) is 0 Å². The van der Waals surface area contributed by atoms with Gasteiger partial charge in [0.1, 0.15) is 11.8 Å². The number of carbonyl (C=O) groups is 3. The molecule has 1 aliphatic heterocycles. The third-order valence-corrected chi connectivity index (χ3v) is 6.61. The molecule has 1 saturated heterocycles. The third kappa shape index (κ3) is 7.44. The van der Waals surface area contributed by atoms with E-state index in [2.05, 4.69) is 24.1 Å². The van der Waals surface area contributed by atoms with Crippen molar-refractivity contribution in [2.24, 2.45) is 17.8 Å². The number of amides is 2. The summed E-state index contributed by atoms with van der Waals surface area (Å²) in [6.07, 6.45) is 5.85. The lowest BCUT2D eigenvalue weighted by Crippen LogP contribution is -2.58. The molecule has 0 aromatic carbocycles. The molecule has 0 aromatic rings. The summed E-state index contributed by atoms with van der Waals surface area (Å²) in [5, 5.41) is 3.08. The number of hydrogen-bond donors (Lipinski definition) is 1. The van der Waals surface area contributed by atoms with E-state index < -0.39 is 6.04 Å². The standard InChI is InChI=1S/C25H45N3O3/c1-10-19(7)28-14-12-11-13-21(28)24(30)26-23(17(4)5)25(31)27(9)22(16(2)3)15-18(6)20(8)29/h15-19,21,23H,10-14H2,1-9H3,(H,26,30)/b22-15+. The highest BCUT2D eigenvalue weighted by molar-refractivity contribution is 5.91. The number of nitrogens with zero attached hydrogens (tertiary/aromatic N) is 2. The van der Waals surface area contributed by atoms with Crippen LogP contribution in [0.3, 0.4) is 0 Å². The first-order chi connectivity index (χ1) is 14.4. The first-order valence-corrected chi connectivity index (χ1v) is 12.0. The second-order valence-electron chi connectivity index (χ2n) is 9.78. The van der Waals surface area contributed by atoms with Crippen LogP contribution < -0.4 is 5.32 Å². The zero-order valence-corrected chi connectivity index (χ0v) is 21.2. The van der Waals surface area contributed by atoms with E-state index in [1.165, 1.54) is 0 Å². The van der Waals surface area contributed by atoms with Gasteiger partial charge in [-0.05, 0) is 51.5 Å². The van der Waals surface area contributed by atoms with Gasteiger partial charge in [-0.2, -0.15) is 0 Å². The van der Waals surface area contributed by atoms with E-state index in [0.29, 0.717) is 6.04 Å². The Labute approximate surface area is 189 Å². The summed E-state index contributed by atoms with van der Waals surface area (Å²) in [6.45, 7) is 16.6. The molecule has 1 heterocycles. The Morgan fingerprint density at radius 1 is 1.10 bits per heavy atom. The number of carbonyl (C=O) groups excluding carboxylic acids is 3. The van der Waals surface area contributed by atoms with Crippen molar-refractivity contribution >= 4 is 17.6 Å². The van der Waals surface area contributed by atoms with E-state index >= 15 is 0 Å². The number of piperidine rings is 1. The number of Topliss-reactive ketones (excluding diaryl/α,β-unsaturated/α-hetero) is 1. The molecule has 1 N–H and O–H groups in total. The molecule has 0 aromatic heterocycles. The summed E-state index contributed by atoms with van der Waals surface area (Å²) in [5.41, 5.74) is 0.812. The molecule has 4 atom stereocenters. The van der Waals surface area contributed by atoms with Gasteiger partial charge >= 0.3 is 0 Å². The van der Waals surface area contributed by atoms with Crippen molar-refractivity contribution < 1.29 is 14.4 Å². The fourth-order valence-electron chi connectivity index (χ4n) is 4.16. The molecule has 6 nitrogen and oxygen atoms in total. The fourth-order valence-corrected chi connectivity index (χ4v) is 4.16. The zero-order chi connectivity index (χ0) is 23.9. The van der Waals surface area contributed by atoms with Gasteiger partial charge in [-0.15, -0.1) is 0 Å². The molecule has 1 aliphatic rings. The van der Waals surface area contributed by atoms with Crippen molar-refractivity contribution in [1.29, 1.82) is 0 Å². The lowest BCUT2D eigenvalue weighted by Gasteiger charge is -2.39. The SMILES string of the molecule is CCC(C)N1CCCCC1C(=O)NC(C(=O)N(C)/C(=C/C(C)C(C)=O)C(C)C)C(C)C. The summed E-state index contributed by atoms with van der Waals surface area (Å²) in [4.78, 5) is 42.4. The van der Waals surface area contributed by atoms with Gasteiger partial charge in [0.25, 0.3) is 0 Å². The van der Waals surface area contributed by atoms with Crippen LogP contribution in [0.4, 0.5) is 0 Å². The Morgan fingerprint density at radius 2 is 1.71 bits per heavy atom. The molecular weight excluding hydrogens is 390 g/mol. The van der Waals surface area contributed by atoms with Gasteiger partial charge in [-0.25, -0.2) is 0 Å². The number of allylic oxidation sites excluding steroid dienone is 2. The molecule has 31 heavy (non-hydrogen) atoms. The van der Waals surface area contributed by atoms with Crippen molar-refractivity contribution in [1.82, 2.24) is 15.1 Å². The van der Waals surface area contributed by atoms with Crippen LogP contribution in [0.25, 0.3) is 0 Å². The molecule has 2 amide bonds. The van der Waals surface area contributed by atoms with Crippen LogP contribution in [0.15, 0.2) is 11.8 Å². The summed E-state index contributed by atoms with van der Waals surface area (Å²) < 4.78 is 0. The highest BCUT2D eigenvalue weighted by Crippen LogP contribution is 2.23. The highest BCUT2D eigenvalue weighted by Gasteiger charge is 2.35.